The molecule has 0 heteroatoms. The molecule has 0 bridgehead atoms. The maximum Gasteiger partial charge on any atom is -0.0289 e. The highest BCUT2D eigenvalue weighted by Crippen LogP contribution is 2.70. The number of hydrogen-bond donors (Lipinski definition) is 0. The molecule has 0 spiro atoms. The maximum atomic E-state index is 2.49. The van der Waals surface area contributed by atoms with Crippen molar-refractivity contribution >= 4 is 0 Å². The van der Waals surface area contributed by atoms with Gasteiger partial charge in [0.15, 0.2) is 0 Å². The second-order valence-electron chi connectivity index (χ2n) is 5.14. The van der Waals surface area contributed by atoms with Crippen molar-refractivity contribution in [2.75, 3.05) is 0 Å². The topological polar surface area (TPSA) is 0 Å². The highest BCUT2D eigenvalue weighted by atomic mass is 14.6. The Labute approximate surface area is 70.4 Å². The fourth-order valence-corrected chi connectivity index (χ4v) is 3.28. The second-order valence-corrected chi connectivity index (χ2v) is 5.14. The van der Waals surface area contributed by atoms with Crippen LogP contribution in [0.4, 0.5) is 0 Å². The van der Waals surface area contributed by atoms with Gasteiger partial charge in [-0.3, -0.25) is 0 Å². The first-order valence-corrected chi connectivity index (χ1v) is 5.14. The lowest BCUT2D eigenvalue weighted by molar-refractivity contribution is 0.226. The number of hydrogen-bond acceptors (Lipinski definition) is 0. The molecule has 0 heterocycles. The van der Waals surface area contributed by atoms with Crippen LogP contribution in [0.1, 0.15) is 52.9 Å². The standard InChI is InChI=1S/C11H20/c1-4-11(5-2)7-9-6-10(9,3)8-11/h9H,4-8H2,1-3H3. The van der Waals surface area contributed by atoms with Gasteiger partial charge in [0.25, 0.3) is 0 Å². The number of fused-ring (bicyclic) bond motifs is 1. The van der Waals surface area contributed by atoms with Crippen LogP contribution in [0.2, 0.25) is 0 Å². The monoisotopic (exact) mass is 152 g/mol. The van der Waals surface area contributed by atoms with E-state index in [-0.39, 0.29) is 0 Å². The summed E-state index contributed by atoms with van der Waals surface area (Å²) in [6, 6.07) is 0. The van der Waals surface area contributed by atoms with E-state index in [1.807, 2.05) is 0 Å². The average Bonchev–Trinajstić information content (AvgIpc) is 2.51. The van der Waals surface area contributed by atoms with E-state index >= 15 is 0 Å². The van der Waals surface area contributed by atoms with Crippen LogP contribution in [-0.4, -0.2) is 0 Å². The minimum Gasteiger partial charge on any atom is -0.0649 e. The van der Waals surface area contributed by atoms with Crippen LogP contribution in [0.25, 0.3) is 0 Å². The molecule has 0 aliphatic heterocycles. The molecule has 0 aromatic heterocycles. The van der Waals surface area contributed by atoms with Gasteiger partial charge in [-0.05, 0) is 36.0 Å². The summed E-state index contributed by atoms with van der Waals surface area (Å²) >= 11 is 0. The van der Waals surface area contributed by atoms with Crippen LogP contribution in [0.3, 0.4) is 0 Å². The molecule has 2 fully saturated rings. The smallest absolute Gasteiger partial charge is 0.0289 e. The van der Waals surface area contributed by atoms with Crippen molar-refractivity contribution in [2.45, 2.75) is 52.9 Å². The predicted molar refractivity (Wildman–Crippen MR) is 48.5 cm³/mol. The third-order valence-electron chi connectivity index (χ3n) is 4.50. The van der Waals surface area contributed by atoms with E-state index in [4.69, 9.17) is 0 Å². The Morgan fingerprint density at radius 1 is 1.18 bits per heavy atom. The summed E-state index contributed by atoms with van der Waals surface area (Å²) in [4.78, 5) is 0. The SMILES string of the molecule is CCC1(CC)CC2CC2(C)C1. The quantitative estimate of drug-likeness (QED) is 0.567. The van der Waals surface area contributed by atoms with Crippen LogP contribution in [0, 0.1) is 16.7 Å². The summed E-state index contributed by atoms with van der Waals surface area (Å²) in [5.74, 6) is 1.11. The van der Waals surface area contributed by atoms with E-state index in [1.165, 1.54) is 32.1 Å². The summed E-state index contributed by atoms with van der Waals surface area (Å²) in [6.45, 7) is 7.24. The first kappa shape index (κ1) is 7.64. The predicted octanol–water partition coefficient (Wildman–Crippen LogP) is 3.61. The van der Waals surface area contributed by atoms with Gasteiger partial charge in [0.05, 0.1) is 0 Å². The molecule has 2 rings (SSSR count). The molecule has 2 atom stereocenters. The Hall–Kier alpha value is 0. The van der Waals surface area contributed by atoms with Crippen LogP contribution in [0.15, 0.2) is 0 Å². The largest absolute Gasteiger partial charge is 0.0649 e. The van der Waals surface area contributed by atoms with Crippen LogP contribution < -0.4 is 0 Å². The van der Waals surface area contributed by atoms with Crippen molar-refractivity contribution in [1.82, 2.24) is 0 Å². The second kappa shape index (κ2) is 2.02. The van der Waals surface area contributed by atoms with Crippen molar-refractivity contribution in [2.24, 2.45) is 16.7 Å². The molecule has 2 aliphatic carbocycles. The summed E-state index contributed by atoms with van der Waals surface area (Å²) in [7, 11) is 0. The van der Waals surface area contributed by atoms with Crippen molar-refractivity contribution in [3.05, 3.63) is 0 Å². The molecule has 2 unspecified atom stereocenters. The van der Waals surface area contributed by atoms with E-state index in [0.29, 0.717) is 0 Å². The van der Waals surface area contributed by atoms with Crippen LogP contribution in [0.5, 0.6) is 0 Å². The van der Waals surface area contributed by atoms with Crippen molar-refractivity contribution in [3.63, 3.8) is 0 Å². The van der Waals surface area contributed by atoms with Crippen molar-refractivity contribution in [1.29, 1.82) is 0 Å². The Kier molecular flexibility index (Phi) is 1.41. The third-order valence-corrected chi connectivity index (χ3v) is 4.50. The van der Waals surface area contributed by atoms with Gasteiger partial charge >= 0.3 is 0 Å². The van der Waals surface area contributed by atoms with Crippen LogP contribution in [-0.2, 0) is 0 Å². The van der Waals surface area contributed by atoms with E-state index in [9.17, 15) is 0 Å². The fraction of sp³-hybridized carbons (Fsp3) is 1.00. The summed E-state index contributed by atoms with van der Waals surface area (Å²) in [5.41, 5.74) is 1.56. The van der Waals surface area contributed by atoms with Gasteiger partial charge in [-0.15, -0.1) is 0 Å². The Bertz CT molecular complexity index is 167. The van der Waals surface area contributed by atoms with Crippen molar-refractivity contribution < 1.29 is 0 Å². The van der Waals surface area contributed by atoms with E-state index in [0.717, 1.165) is 16.7 Å². The maximum absolute atomic E-state index is 2.49. The van der Waals surface area contributed by atoms with Gasteiger partial charge in [-0.1, -0.05) is 33.6 Å². The average molecular weight is 152 g/mol. The molecule has 64 valence electrons. The molecule has 11 heavy (non-hydrogen) atoms. The summed E-state index contributed by atoms with van der Waals surface area (Å²) < 4.78 is 0. The van der Waals surface area contributed by atoms with E-state index in [2.05, 4.69) is 20.8 Å². The van der Waals surface area contributed by atoms with Gasteiger partial charge in [0.2, 0.25) is 0 Å². The van der Waals surface area contributed by atoms with Crippen LogP contribution >= 0.6 is 0 Å². The molecule has 0 radical (unpaired) electrons. The van der Waals surface area contributed by atoms with E-state index in [1.54, 1.807) is 0 Å². The van der Waals surface area contributed by atoms with Gasteiger partial charge in [0.1, 0.15) is 0 Å². The molecular weight excluding hydrogens is 132 g/mol. The molecule has 0 saturated heterocycles. The Balaban J connectivity index is 2.09. The Morgan fingerprint density at radius 3 is 2.09 bits per heavy atom. The Morgan fingerprint density at radius 2 is 1.82 bits per heavy atom. The minimum absolute atomic E-state index is 0.762. The fourth-order valence-electron chi connectivity index (χ4n) is 3.28. The molecule has 0 amide bonds. The zero-order chi connectivity index (χ0) is 8.11. The summed E-state index contributed by atoms with van der Waals surface area (Å²) in [5, 5.41) is 0. The van der Waals surface area contributed by atoms with E-state index < -0.39 is 0 Å². The molecule has 2 aliphatic rings. The molecule has 2 saturated carbocycles. The molecular formula is C11H20. The molecule has 0 aromatic carbocycles. The lowest BCUT2D eigenvalue weighted by atomic mass is 9.77. The van der Waals surface area contributed by atoms with Gasteiger partial charge < -0.3 is 0 Å². The zero-order valence-corrected chi connectivity index (χ0v) is 8.11. The third kappa shape index (κ3) is 0.947. The minimum atomic E-state index is 0.762. The van der Waals surface area contributed by atoms with Gasteiger partial charge in [-0.25, -0.2) is 0 Å². The first-order valence-electron chi connectivity index (χ1n) is 5.14. The zero-order valence-electron chi connectivity index (χ0n) is 8.11. The number of rotatable bonds is 2. The van der Waals surface area contributed by atoms with Crippen molar-refractivity contribution in [3.8, 4) is 0 Å². The summed E-state index contributed by atoms with van der Waals surface area (Å²) in [6.07, 6.45) is 7.42. The first-order chi connectivity index (χ1) is 5.14. The highest BCUT2D eigenvalue weighted by Gasteiger charge is 2.60. The highest BCUT2D eigenvalue weighted by molar-refractivity contribution is 5.10. The molecule has 0 aromatic rings. The lowest BCUT2D eigenvalue weighted by Crippen LogP contribution is -2.17. The normalized spacial score (nSPS) is 45.5. The van der Waals surface area contributed by atoms with Gasteiger partial charge in [-0.2, -0.15) is 0 Å². The lowest BCUT2D eigenvalue weighted by Gasteiger charge is -2.29. The van der Waals surface area contributed by atoms with Gasteiger partial charge in [0, 0.05) is 0 Å². The molecule has 0 nitrogen and oxygen atoms in total. The molecule has 0 N–H and O–H groups in total.